The summed E-state index contributed by atoms with van der Waals surface area (Å²) in [6, 6.07) is 18.8. The normalized spacial score (nSPS) is 17.3. The Morgan fingerprint density at radius 2 is 1.67 bits per heavy atom. The zero-order valence-corrected chi connectivity index (χ0v) is 19.4. The fraction of sp³-hybridized carbons (Fsp3) is 0.444. The van der Waals surface area contributed by atoms with E-state index in [4.69, 9.17) is 4.74 Å². The number of hydrogen-bond donors (Lipinski definition) is 1. The summed E-state index contributed by atoms with van der Waals surface area (Å²) >= 11 is 0. The van der Waals surface area contributed by atoms with Gasteiger partial charge in [-0.15, -0.1) is 0 Å². The quantitative estimate of drug-likeness (QED) is 0.462. The summed E-state index contributed by atoms with van der Waals surface area (Å²) in [4.78, 5) is 40.2. The van der Waals surface area contributed by atoms with Crippen molar-refractivity contribution in [3.8, 4) is 0 Å². The van der Waals surface area contributed by atoms with Gasteiger partial charge in [0.2, 0.25) is 5.78 Å². The highest BCUT2D eigenvalue weighted by Crippen LogP contribution is 2.28. The Labute approximate surface area is 195 Å². The van der Waals surface area contributed by atoms with Gasteiger partial charge in [-0.25, -0.2) is 4.79 Å². The van der Waals surface area contributed by atoms with Crippen molar-refractivity contribution >= 4 is 17.7 Å². The SMILES string of the molecule is CC(C)(CO)C(=O)C(=O)N1CCCCC1C(=O)O[C@H](CCc1ccccc1)c1ccccc1. The van der Waals surface area contributed by atoms with Gasteiger partial charge < -0.3 is 14.7 Å². The number of likely N-dealkylation sites (tertiary alicyclic amines) is 1. The number of carbonyl (C=O) groups excluding carboxylic acids is 3. The first-order chi connectivity index (χ1) is 15.8. The fourth-order valence-corrected chi connectivity index (χ4v) is 4.03. The van der Waals surface area contributed by atoms with Gasteiger partial charge in [0.15, 0.2) is 0 Å². The van der Waals surface area contributed by atoms with Crippen molar-refractivity contribution < 1.29 is 24.2 Å². The Morgan fingerprint density at radius 3 is 2.30 bits per heavy atom. The number of rotatable bonds is 9. The van der Waals surface area contributed by atoms with Crippen molar-refractivity contribution in [1.29, 1.82) is 0 Å². The minimum atomic E-state index is -1.19. The van der Waals surface area contributed by atoms with Crippen molar-refractivity contribution in [2.24, 2.45) is 5.41 Å². The largest absolute Gasteiger partial charge is 0.456 e. The number of ether oxygens (including phenoxy) is 1. The molecule has 1 unspecified atom stereocenters. The maximum absolute atomic E-state index is 13.3. The van der Waals surface area contributed by atoms with E-state index in [9.17, 15) is 19.5 Å². The van der Waals surface area contributed by atoms with Crippen LogP contribution in [-0.4, -0.2) is 46.9 Å². The van der Waals surface area contributed by atoms with Gasteiger partial charge in [-0.2, -0.15) is 0 Å². The Bertz CT molecular complexity index is 941. The minimum absolute atomic E-state index is 0.325. The molecule has 0 bridgehead atoms. The number of Topliss-reactive ketones (excluding diaryl/α,β-unsaturated/α-hetero) is 1. The first kappa shape index (κ1) is 24.6. The zero-order valence-electron chi connectivity index (χ0n) is 19.4. The molecule has 1 aliphatic heterocycles. The number of aliphatic hydroxyl groups excluding tert-OH is 1. The lowest BCUT2D eigenvalue weighted by molar-refractivity contribution is -0.165. The standard InChI is InChI=1S/C27H33NO5/c1-27(2,19-29)24(30)25(31)28-18-10-9-15-22(28)26(32)33-23(21-13-7-4-8-14-21)17-16-20-11-5-3-6-12-20/h3-8,11-14,22-23,29H,9-10,15-19H2,1-2H3/t22?,23-/m1/s1. The number of carbonyl (C=O) groups is 3. The average molecular weight is 452 g/mol. The number of aliphatic hydroxyl groups is 1. The lowest BCUT2D eigenvalue weighted by Crippen LogP contribution is -2.53. The summed E-state index contributed by atoms with van der Waals surface area (Å²) in [6.45, 7) is 2.95. The molecule has 3 rings (SSSR count). The van der Waals surface area contributed by atoms with Crippen molar-refractivity contribution in [3.63, 3.8) is 0 Å². The maximum atomic E-state index is 13.3. The van der Waals surface area contributed by atoms with Crippen LogP contribution >= 0.6 is 0 Å². The molecule has 1 amide bonds. The van der Waals surface area contributed by atoms with Gasteiger partial charge in [0.25, 0.3) is 5.91 Å². The molecule has 33 heavy (non-hydrogen) atoms. The van der Waals surface area contributed by atoms with E-state index in [-0.39, 0.29) is 0 Å². The van der Waals surface area contributed by atoms with E-state index in [1.807, 2.05) is 60.7 Å². The van der Waals surface area contributed by atoms with Crippen molar-refractivity contribution in [3.05, 3.63) is 71.8 Å². The van der Waals surface area contributed by atoms with E-state index >= 15 is 0 Å². The molecule has 6 nitrogen and oxygen atoms in total. The molecule has 2 atom stereocenters. The van der Waals surface area contributed by atoms with Gasteiger partial charge in [0, 0.05) is 6.54 Å². The summed E-state index contributed by atoms with van der Waals surface area (Å²) < 4.78 is 5.98. The predicted molar refractivity (Wildman–Crippen MR) is 125 cm³/mol. The van der Waals surface area contributed by atoms with E-state index in [1.54, 1.807) is 0 Å². The third-order valence-corrected chi connectivity index (χ3v) is 6.21. The number of amides is 1. The molecule has 0 aliphatic carbocycles. The molecule has 0 saturated carbocycles. The number of nitrogens with zero attached hydrogens (tertiary/aromatic N) is 1. The molecule has 176 valence electrons. The third kappa shape index (κ3) is 6.29. The summed E-state index contributed by atoms with van der Waals surface area (Å²) in [7, 11) is 0. The minimum Gasteiger partial charge on any atom is -0.456 e. The summed E-state index contributed by atoms with van der Waals surface area (Å²) in [5, 5.41) is 9.50. The third-order valence-electron chi connectivity index (χ3n) is 6.21. The van der Waals surface area contributed by atoms with Crippen LogP contribution in [0.3, 0.4) is 0 Å². The molecule has 1 N–H and O–H groups in total. The second-order valence-electron chi connectivity index (χ2n) is 9.24. The number of esters is 1. The van der Waals surface area contributed by atoms with Crippen LogP contribution in [0.15, 0.2) is 60.7 Å². The van der Waals surface area contributed by atoms with Crippen molar-refractivity contribution in [2.45, 2.75) is 58.1 Å². The topological polar surface area (TPSA) is 83.9 Å². The second-order valence-corrected chi connectivity index (χ2v) is 9.24. The summed E-state index contributed by atoms with van der Waals surface area (Å²) in [5.74, 6) is -1.90. The lowest BCUT2D eigenvalue weighted by atomic mass is 9.87. The van der Waals surface area contributed by atoms with Gasteiger partial charge in [0.05, 0.1) is 12.0 Å². The Balaban J connectivity index is 1.76. The van der Waals surface area contributed by atoms with E-state index in [0.29, 0.717) is 19.4 Å². The molecule has 0 aromatic heterocycles. The number of ketones is 1. The monoisotopic (exact) mass is 451 g/mol. The van der Waals surface area contributed by atoms with Crippen LogP contribution in [-0.2, 0) is 25.5 Å². The first-order valence-electron chi connectivity index (χ1n) is 11.6. The van der Waals surface area contributed by atoms with E-state index in [1.165, 1.54) is 18.7 Å². The molecule has 0 radical (unpaired) electrons. The first-order valence-corrected chi connectivity index (χ1v) is 11.6. The van der Waals surface area contributed by atoms with E-state index in [2.05, 4.69) is 0 Å². The highest BCUT2D eigenvalue weighted by Gasteiger charge is 2.41. The summed E-state index contributed by atoms with van der Waals surface area (Å²) in [5.41, 5.74) is 0.861. The van der Waals surface area contributed by atoms with Gasteiger partial charge in [-0.05, 0) is 43.2 Å². The zero-order chi connectivity index (χ0) is 23.8. The number of aryl methyl sites for hydroxylation is 1. The fourth-order valence-electron chi connectivity index (χ4n) is 4.03. The van der Waals surface area contributed by atoms with Crippen molar-refractivity contribution in [2.75, 3.05) is 13.2 Å². The van der Waals surface area contributed by atoms with Crippen LogP contribution in [0.5, 0.6) is 0 Å². The van der Waals surface area contributed by atoms with Gasteiger partial charge in [-0.3, -0.25) is 9.59 Å². The van der Waals surface area contributed by atoms with Crippen LogP contribution in [0.4, 0.5) is 0 Å². The maximum Gasteiger partial charge on any atom is 0.329 e. The van der Waals surface area contributed by atoms with Crippen LogP contribution < -0.4 is 0 Å². The van der Waals surface area contributed by atoms with Crippen LogP contribution in [0.2, 0.25) is 0 Å². The molecule has 2 aromatic carbocycles. The van der Waals surface area contributed by atoms with Crippen molar-refractivity contribution in [1.82, 2.24) is 4.90 Å². The lowest BCUT2D eigenvalue weighted by Gasteiger charge is -2.36. The number of piperidine rings is 1. The van der Waals surface area contributed by atoms with Gasteiger partial charge in [-0.1, -0.05) is 74.5 Å². The van der Waals surface area contributed by atoms with Crippen LogP contribution in [0, 0.1) is 5.41 Å². The molecule has 1 saturated heterocycles. The highest BCUT2D eigenvalue weighted by atomic mass is 16.5. The van der Waals surface area contributed by atoms with Crippen LogP contribution in [0.1, 0.15) is 56.8 Å². The molecule has 1 fully saturated rings. The molecular weight excluding hydrogens is 418 g/mol. The summed E-state index contributed by atoms with van der Waals surface area (Å²) in [6.07, 6.45) is 2.85. The highest BCUT2D eigenvalue weighted by molar-refractivity contribution is 6.38. The van der Waals surface area contributed by atoms with Gasteiger partial charge in [0.1, 0.15) is 12.1 Å². The molecule has 1 aliphatic rings. The average Bonchev–Trinajstić information content (AvgIpc) is 2.86. The second kappa shape index (κ2) is 11.2. The smallest absolute Gasteiger partial charge is 0.329 e. The van der Waals surface area contributed by atoms with Gasteiger partial charge >= 0.3 is 5.97 Å². The molecule has 6 heteroatoms. The Morgan fingerprint density at radius 1 is 1.03 bits per heavy atom. The van der Waals surface area contributed by atoms with E-state index in [0.717, 1.165) is 30.4 Å². The molecular formula is C27H33NO5. The molecule has 2 aromatic rings. The molecule has 1 heterocycles. The number of benzene rings is 2. The number of hydrogen-bond acceptors (Lipinski definition) is 5. The van der Waals surface area contributed by atoms with E-state index < -0.39 is 41.8 Å². The Kier molecular flexibility index (Phi) is 8.39. The molecule has 0 spiro atoms. The van der Waals surface area contributed by atoms with Crippen LogP contribution in [0.25, 0.3) is 0 Å². The predicted octanol–water partition coefficient (Wildman–Crippen LogP) is 3.87. The Hall–Kier alpha value is -2.99.